The number of hydrogen-bond acceptors (Lipinski definition) is 3. The van der Waals surface area contributed by atoms with Gasteiger partial charge in [-0.25, -0.2) is 4.79 Å². The Morgan fingerprint density at radius 3 is 2.72 bits per heavy atom. The van der Waals surface area contributed by atoms with Gasteiger partial charge in [-0.05, 0) is 42.7 Å². The van der Waals surface area contributed by atoms with Gasteiger partial charge in [0.15, 0.2) is 0 Å². The molecular formula is C19H21ClN2O3. The van der Waals surface area contributed by atoms with Gasteiger partial charge in [0, 0.05) is 12.1 Å². The number of hydrogen-bond donors (Lipinski definition) is 1. The number of oxime groups is 1. The Hall–Kier alpha value is -2.53. The van der Waals surface area contributed by atoms with E-state index in [9.17, 15) is 4.79 Å². The van der Waals surface area contributed by atoms with Crippen molar-refractivity contribution in [1.29, 1.82) is 0 Å². The molecule has 132 valence electrons. The number of rotatable bonds is 6. The Morgan fingerprint density at radius 2 is 2.04 bits per heavy atom. The largest absolute Gasteiger partial charge is 0.465 e. The van der Waals surface area contributed by atoms with Gasteiger partial charge in [0.1, 0.15) is 6.61 Å². The first kappa shape index (κ1) is 18.8. The van der Waals surface area contributed by atoms with Gasteiger partial charge in [-0.2, -0.15) is 0 Å². The molecule has 0 aromatic heterocycles. The van der Waals surface area contributed by atoms with Crippen LogP contribution in [-0.2, 0) is 18.0 Å². The molecule has 0 aliphatic carbocycles. The summed E-state index contributed by atoms with van der Waals surface area (Å²) < 4.78 is 0. The number of carbonyl (C=O) groups is 1. The van der Waals surface area contributed by atoms with Crippen molar-refractivity contribution in [3.05, 3.63) is 69.7 Å². The zero-order chi connectivity index (χ0) is 18.4. The van der Waals surface area contributed by atoms with E-state index in [0.717, 1.165) is 16.7 Å². The average Bonchev–Trinajstić information content (AvgIpc) is 2.56. The van der Waals surface area contributed by atoms with Gasteiger partial charge in [0.05, 0.1) is 12.3 Å². The molecule has 5 nitrogen and oxygen atoms in total. The highest BCUT2D eigenvalue weighted by Crippen LogP contribution is 2.20. The molecule has 1 amide bonds. The van der Waals surface area contributed by atoms with Crippen LogP contribution in [0.5, 0.6) is 0 Å². The van der Waals surface area contributed by atoms with Crippen LogP contribution in [0.25, 0.3) is 0 Å². The predicted octanol–water partition coefficient (Wildman–Crippen LogP) is 4.70. The molecular weight excluding hydrogens is 340 g/mol. The van der Waals surface area contributed by atoms with Crippen molar-refractivity contribution in [2.75, 3.05) is 7.05 Å². The fourth-order valence-corrected chi connectivity index (χ4v) is 2.48. The lowest BCUT2D eigenvalue weighted by Crippen LogP contribution is -2.24. The van der Waals surface area contributed by atoms with Crippen LogP contribution >= 0.6 is 11.6 Å². The molecule has 0 spiro atoms. The molecule has 6 heteroatoms. The Kier molecular flexibility index (Phi) is 6.42. The molecule has 2 aromatic carbocycles. The van der Waals surface area contributed by atoms with Crippen LogP contribution in [0.4, 0.5) is 4.79 Å². The third-order valence-corrected chi connectivity index (χ3v) is 4.08. The molecule has 0 heterocycles. The molecule has 0 aliphatic rings. The van der Waals surface area contributed by atoms with E-state index < -0.39 is 6.09 Å². The Balaban J connectivity index is 2.07. The van der Waals surface area contributed by atoms with Crippen molar-refractivity contribution in [2.24, 2.45) is 5.16 Å². The van der Waals surface area contributed by atoms with Gasteiger partial charge in [-0.3, -0.25) is 0 Å². The second kappa shape index (κ2) is 8.53. The summed E-state index contributed by atoms with van der Waals surface area (Å²) in [5, 5.41) is 13.7. The second-order valence-corrected chi connectivity index (χ2v) is 6.29. The molecule has 0 saturated heterocycles. The molecule has 0 unspecified atom stereocenters. The number of amides is 1. The van der Waals surface area contributed by atoms with Gasteiger partial charge in [0.2, 0.25) is 0 Å². The minimum atomic E-state index is -1.01. The molecule has 2 aromatic rings. The first-order valence-corrected chi connectivity index (χ1v) is 8.19. The van der Waals surface area contributed by atoms with Gasteiger partial charge in [-0.1, -0.05) is 52.7 Å². The Morgan fingerprint density at radius 1 is 1.28 bits per heavy atom. The molecule has 0 fully saturated rings. The second-order valence-electron chi connectivity index (χ2n) is 5.88. The topological polar surface area (TPSA) is 62.1 Å². The summed E-state index contributed by atoms with van der Waals surface area (Å²) in [7, 11) is 1.50. The normalized spacial score (nSPS) is 11.3. The molecule has 0 saturated carbocycles. The summed E-state index contributed by atoms with van der Waals surface area (Å²) in [5.41, 5.74) is 4.48. The summed E-state index contributed by atoms with van der Waals surface area (Å²) in [5.74, 6) is 0. The zero-order valence-electron chi connectivity index (χ0n) is 14.5. The molecule has 0 atom stereocenters. The van der Waals surface area contributed by atoms with Crippen molar-refractivity contribution >= 4 is 23.4 Å². The summed E-state index contributed by atoms with van der Waals surface area (Å²) >= 11 is 6.16. The lowest BCUT2D eigenvalue weighted by molar-refractivity contribution is 0.130. The van der Waals surface area contributed by atoms with Crippen molar-refractivity contribution in [3.8, 4) is 0 Å². The van der Waals surface area contributed by atoms with Crippen molar-refractivity contribution in [3.63, 3.8) is 0 Å². The number of halogens is 1. The van der Waals surface area contributed by atoms with E-state index in [1.807, 2.05) is 50.2 Å². The number of aryl methyl sites for hydroxylation is 1. The standard InChI is InChI=1S/C19H21ClN2O3/c1-13-5-4-6-15(9-13)12-25-21-14(2)16-7-8-18(20)17(10-16)11-22(3)19(23)24/h4-10H,11-12H2,1-3H3,(H,23,24)/b21-14+. The predicted molar refractivity (Wildman–Crippen MR) is 99.1 cm³/mol. The highest BCUT2D eigenvalue weighted by Gasteiger charge is 2.11. The SMILES string of the molecule is C/C(=N\OCc1cccc(C)c1)c1ccc(Cl)c(CN(C)C(=O)O)c1. The van der Waals surface area contributed by atoms with Crippen LogP contribution in [0.2, 0.25) is 5.02 Å². The van der Waals surface area contributed by atoms with Gasteiger partial charge >= 0.3 is 6.09 Å². The van der Waals surface area contributed by atoms with E-state index in [-0.39, 0.29) is 6.54 Å². The lowest BCUT2D eigenvalue weighted by Gasteiger charge is -2.15. The van der Waals surface area contributed by atoms with E-state index in [0.29, 0.717) is 17.3 Å². The quantitative estimate of drug-likeness (QED) is 0.600. The summed E-state index contributed by atoms with van der Waals surface area (Å²) in [4.78, 5) is 17.6. The van der Waals surface area contributed by atoms with Crippen LogP contribution in [0.1, 0.15) is 29.2 Å². The lowest BCUT2D eigenvalue weighted by atomic mass is 10.1. The fourth-order valence-electron chi connectivity index (χ4n) is 2.30. The molecule has 2 rings (SSSR count). The molecule has 0 aliphatic heterocycles. The summed E-state index contributed by atoms with van der Waals surface area (Å²) in [6, 6.07) is 13.4. The van der Waals surface area contributed by atoms with Crippen LogP contribution < -0.4 is 0 Å². The first-order valence-electron chi connectivity index (χ1n) is 7.82. The Labute approximate surface area is 152 Å². The maximum absolute atomic E-state index is 11.0. The minimum absolute atomic E-state index is 0.208. The fraction of sp³-hybridized carbons (Fsp3) is 0.263. The highest BCUT2D eigenvalue weighted by atomic mass is 35.5. The zero-order valence-corrected chi connectivity index (χ0v) is 15.2. The van der Waals surface area contributed by atoms with Crippen LogP contribution in [-0.4, -0.2) is 28.9 Å². The first-order chi connectivity index (χ1) is 11.9. The average molecular weight is 361 g/mol. The maximum Gasteiger partial charge on any atom is 0.407 e. The van der Waals surface area contributed by atoms with E-state index in [2.05, 4.69) is 5.16 Å². The van der Waals surface area contributed by atoms with Crippen molar-refractivity contribution in [2.45, 2.75) is 27.0 Å². The van der Waals surface area contributed by atoms with Gasteiger partial charge < -0.3 is 14.8 Å². The summed E-state index contributed by atoms with van der Waals surface area (Å²) in [6.45, 7) is 4.46. The third kappa shape index (κ3) is 5.50. The molecule has 25 heavy (non-hydrogen) atoms. The van der Waals surface area contributed by atoms with Crippen LogP contribution in [0, 0.1) is 6.92 Å². The third-order valence-electron chi connectivity index (χ3n) is 3.71. The van der Waals surface area contributed by atoms with Crippen molar-refractivity contribution in [1.82, 2.24) is 4.90 Å². The smallest absolute Gasteiger partial charge is 0.407 e. The number of benzene rings is 2. The van der Waals surface area contributed by atoms with Crippen molar-refractivity contribution < 1.29 is 14.7 Å². The van der Waals surface area contributed by atoms with Crippen LogP contribution in [0.3, 0.4) is 0 Å². The van der Waals surface area contributed by atoms with E-state index in [1.165, 1.54) is 17.5 Å². The number of nitrogens with zero attached hydrogens (tertiary/aromatic N) is 2. The number of carboxylic acid groups (broad SMARTS) is 1. The van der Waals surface area contributed by atoms with E-state index in [4.69, 9.17) is 21.5 Å². The monoisotopic (exact) mass is 360 g/mol. The van der Waals surface area contributed by atoms with Gasteiger partial charge in [-0.15, -0.1) is 0 Å². The maximum atomic E-state index is 11.0. The van der Waals surface area contributed by atoms with E-state index >= 15 is 0 Å². The molecule has 0 radical (unpaired) electrons. The highest BCUT2D eigenvalue weighted by molar-refractivity contribution is 6.31. The minimum Gasteiger partial charge on any atom is -0.465 e. The molecule has 0 bridgehead atoms. The molecule has 1 N–H and O–H groups in total. The van der Waals surface area contributed by atoms with Gasteiger partial charge in [0.25, 0.3) is 0 Å². The van der Waals surface area contributed by atoms with E-state index in [1.54, 1.807) is 6.07 Å². The Bertz CT molecular complexity index is 790. The van der Waals surface area contributed by atoms with Crippen LogP contribution in [0.15, 0.2) is 47.6 Å². The summed E-state index contributed by atoms with van der Waals surface area (Å²) in [6.07, 6.45) is -1.01.